The van der Waals surface area contributed by atoms with Crippen molar-refractivity contribution in [1.29, 1.82) is 0 Å². The summed E-state index contributed by atoms with van der Waals surface area (Å²) >= 11 is 0. The molecule has 0 aromatic carbocycles. The fourth-order valence-electron chi connectivity index (χ4n) is 2.00. The molecule has 0 saturated carbocycles. The zero-order valence-corrected chi connectivity index (χ0v) is 13.4. The Morgan fingerprint density at radius 2 is 2.00 bits per heavy atom. The van der Waals surface area contributed by atoms with Crippen LogP contribution in [0.5, 0.6) is 0 Å². The van der Waals surface area contributed by atoms with Gasteiger partial charge in [0.05, 0.1) is 0 Å². The van der Waals surface area contributed by atoms with Crippen molar-refractivity contribution in [2.45, 2.75) is 52.4 Å². The fourth-order valence-corrected chi connectivity index (χ4v) is 4.42. The fraction of sp³-hybridized carbons (Fsp3) is 0.857. The van der Waals surface area contributed by atoms with Crippen LogP contribution in [0, 0.1) is 11.8 Å². The Kier molecular flexibility index (Phi) is 12.5. The molecular weight excluding hydrogens is 230 g/mol. The molecule has 0 N–H and O–H groups in total. The molecule has 0 aromatic heterocycles. The zero-order valence-electron chi connectivity index (χ0n) is 11.4. The lowest BCUT2D eigenvalue weighted by Crippen LogP contribution is -2.04. The molecule has 0 heterocycles. The maximum atomic E-state index is 3.79. The van der Waals surface area contributed by atoms with E-state index in [2.05, 4.69) is 33.2 Å². The highest BCUT2D eigenvalue weighted by Crippen LogP contribution is 2.36. The number of rotatable bonds is 11. The molecule has 0 aliphatic heterocycles. The molecule has 4 unspecified atom stereocenters. The average Bonchev–Trinajstić information content (AvgIpc) is 2.31. The molecule has 0 spiro atoms. The maximum Gasteiger partial charge on any atom is -0.0291 e. The van der Waals surface area contributed by atoms with Gasteiger partial charge in [-0.05, 0) is 37.5 Å². The Labute approximate surface area is 107 Å². The minimum atomic E-state index is 0.958. The van der Waals surface area contributed by atoms with Gasteiger partial charge in [-0.2, -0.15) is 0 Å². The van der Waals surface area contributed by atoms with Gasteiger partial charge in [0.25, 0.3) is 0 Å². The predicted molar refractivity (Wildman–Crippen MR) is 83.6 cm³/mol. The third-order valence-corrected chi connectivity index (χ3v) is 6.22. The van der Waals surface area contributed by atoms with Crippen LogP contribution in [0.1, 0.15) is 52.4 Å². The van der Waals surface area contributed by atoms with Crippen molar-refractivity contribution in [2.24, 2.45) is 11.8 Å². The van der Waals surface area contributed by atoms with Crippen molar-refractivity contribution in [3.8, 4) is 0 Å². The second-order valence-electron chi connectivity index (χ2n) is 4.81. The lowest BCUT2D eigenvalue weighted by molar-refractivity contribution is 0.385. The largest absolute Gasteiger partial charge is 0.103 e. The third-order valence-electron chi connectivity index (χ3n) is 3.29. The Morgan fingerprint density at radius 1 is 1.25 bits per heavy atom. The summed E-state index contributed by atoms with van der Waals surface area (Å²) in [5.74, 6) is 1.93. The van der Waals surface area contributed by atoms with Gasteiger partial charge >= 0.3 is 0 Å². The molecule has 0 amide bonds. The molecule has 0 radical (unpaired) electrons. The molecule has 0 aliphatic carbocycles. The Balaban J connectivity index is 3.55. The molecule has 0 saturated heterocycles. The average molecular weight is 260 g/mol. The summed E-state index contributed by atoms with van der Waals surface area (Å²) in [6.07, 6.45) is 11.7. The van der Waals surface area contributed by atoms with Crippen molar-refractivity contribution < 1.29 is 0 Å². The van der Waals surface area contributed by atoms with E-state index in [0.29, 0.717) is 0 Å². The van der Waals surface area contributed by atoms with E-state index in [0.717, 1.165) is 11.8 Å². The summed E-state index contributed by atoms with van der Waals surface area (Å²) in [7, 11) is 2.38. The number of hydrogen-bond donors (Lipinski definition) is 0. The van der Waals surface area contributed by atoms with Crippen LogP contribution >= 0.6 is 16.5 Å². The highest BCUT2D eigenvalue weighted by molar-refractivity contribution is 8.11. The van der Waals surface area contributed by atoms with Gasteiger partial charge in [-0.1, -0.05) is 53.9 Å². The van der Waals surface area contributed by atoms with Gasteiger partial charge in [-0.3, -0.25) is 0 Å². The van der Waals surface area contributed by atoms with Gasteiger partial charge in [0.2, 0.25) is 0 Å². The second-order valence-corrected chi connectivity index (χ2v) is 8.63. The van der Waals surface area contributed by atoms with Crippen molar-refractivity contribution in [1.82, 2.24) is 0 Å². The van der Waals surface area contributed by atoms with E-state index < -0.39 is 0 Å². The highest BCUT2D eigenvalue weighted by Gasteiger charge is 2.08. The van der Waals surface area contributed by atoms with Gasteiger partial charge in [-0.15, -0.1) is 14.8 Å². The summed E-state index contributed by atoms with van der Waals surface area (Å²) in [4.78, 5) is 0. The molecule has 0 nitrogen and oxygen atoms in total. The molecule has 0 bridgehead atoms. The van der Waals surface area contributed by atoms with E-state index in [1.165, 1.54) is 61.2 Å². The van der Waals surface area contributed by atoms with E-state index in [1.807, 2.05) is 0 Å². The molecule has 0 aromatic rings. The summed E-state index contributed by atoms with van der Waals surface area (Å²) in [5.41, 5.74) is 0. The van der Waals surface area contributed by atoms with Crippen LogP contribution in [0.4, 0.5) is 0 Å². The van der Waals surface area contributed by atoms with Crippen LogP contribution in [0.2, 0.25) is 0 Å². The second kappa shape index (κ2) is 12.1. The monoisotopic (exact) mass is 260 g/mol. The van der Waals surface area contributed by atoms with Crippen LogP contribution in [-0.2, 0) is 0 Å². The number of hydrogen-bond acceptors (Lipinski definition) is 0. The summed E-state index contributed by atoms with van der Waals surface area (Å²) in [6, 6.07) is 0. The van der Waals surface area contributed by atoms with Crippen LogP contribution in [0.3, 0.4) is 0 Å². The lowest BCUT2D eigenvalue weighted by atomic mass is 9.91. The summed E-state index contributed by atoms with van der Waals surface area (Å²) < 4.78 is 0. The molecule has 4 atom stereocenters. The first-order valence-electron chi connectivity index (χ1n) is 6.75. The summed E-state index contributed by atoms with van der Waals surface area (Å²) in [5, 5.41) is 0. The van der Waals surface area contributed by atoms with E-state index in [1.54, 1.807) is 0 Å². The molecular formula is C14H30P2. The van der Waals surface area contributed by atoms with E-state index in [4.69, 9.17) is 0 Å². The van der Waals surface area contributed by atoms with Crippen molar-refractivity contribution in [3.63, 3.8) is 0 Å². The van der Waals surface area contributed by atoms with Crippen LogP contribution in [-0.4, -0.2) is 12.8 Å². The normalized spacial score (nSPS) is 16.2. The Hall–Kier alpha value is 0.600. The highest BCUT2D eigenvalue weighted by atomic mass is 32.0. The van der Waals surface area contributed by atoms with Crippen molar-refractivity contribution >= 4 is 16.5 Å². The maximum absolute atomic E-state index is 3.79. The molecule has 0 rings (SSSR count). The van der Waals surface area contributed by atoms with Gasteiger partial charge < -0.3 is 0 Å². The number of allylic oxidation sites excluding steroid dienone is 1. The predicted octanol–water partition coefficient (Wildman–Crippen LogP) is 5.69. The first kappa shape index (κ1) is 16.6. The van der Waals surface area contributed by atoms with Gasteiger partial charge in [0.15, 0.2) is 0 Å². The van der Waals surface area contributed by atoms with Crippen molar-refractivity contribution in [3.05, 3.63) is 12.7 Å². The van der Waals surface area contributed by atoms with E-state index >= 15 is 0 Å². The Morgan fingerprint density at radius 3 is 2.56 bits per heavy atom. The summed E-state index contributed by atoms with van der Waals surface area (Å²) in [6.45, 7) is 10.9. The first-order chi connectivity index (χ1) is 7.74. The van der Waals surface area contributed by atoms with Gasteiger partial charge in [0.1, 0.15) is 0 Å². The van der Waals surface area contributed by atoms with Gasteiger partial charge in [0, 0.05) is 0 Å². The van der Waals surface area contributed by atoms with Crippen LogP contribution < -0.4 is 0 Å². The standard InChI is InChI=1S/C14H30P2/c1-5-7-8-9-14(6-2)11-10-13(3)12-16-15-4/h5,13-16H,1,6-12H2,2-4H3. The smallest absolute Gasteiger partial charge is 0.0291 e. The molecule has 96 valence electrons. The lowest BCUT2D eigenvalue weighted by Gasteiger charge is -2.17. The molecule has 16 heavy (non-hydrogen) atoms. The quantitative estimate of drug-likeness (QED) is 0.254. The molecule has 2 heteroatoms. The Bertz CT molecular complexity index is 157. The van der Waals surface area contributed by atoms with Gasteiger partial charge in [-0.25, -0.2) is 0 Å². The first-order valence-corrected chi connectivity index (χ1v) is 10.5. The SMILES string of the molecule is C=CCCCC(CC)CCC(C)CPPC. The van der Waals surface area contributed by atoms with Crippen LogP contribution in [0.15, 0.2) is 12.7 Å². The van der Waals surface area contributed by atoms with Crippen LogP contribution in [0.25, 0.3) is 0 Å². The van der Waals surface area contributed by atoms with E-state index in [-0.39, 0.29) is 0 Å². The molecule has 0 aliphatic rings. The minimum absolute atomic E-state index is 0.958. The third kappa shape index (κ3) is 9.80. The van der Waals surface area contributed by atoms with E-state index in [9.17, 15) is 0 Å². The molecule has 0 fully saturated rings. The zero-order chi connectivity index (χ0) is 12.2. The minimum Gasteiger partial charge on any atom is -0.103 e. The van der Waals surface area contributed by atoms with Crippen molar-refractivity contribution in [2.75, 3.05) is 12.8 Å². The topological polar surface area (TPSA) is 0 Å². The number of unbranched alkanes of at least 4 members (excludes halogenated alkanes) is 1.